The molecule has 0 aliphatic carbocycles. The van der Waals surface area contributed by atoms with Gasteiger partial charge in [-0.05, 0) is 89.6 Å². The average molecular weight is 590 g/mol. The number of carboxylic acids is 1. The van der Waals surface area contributed by atoms with Gasteiger partial charge < -0.3 is 9.84 Å². The number of carbonyl (C=O) groups is 1. The van der Waals surface area contributed by atoms with E-state index in [1.165, 1.54) is 12.1 Å². The molecule has 2 N–H and O–H groups in total. The van der Waals surface area contributed by atoms with Gasteiger partial charge in [0.15, 0.2) is 0 Å². The number of nitrogens with one attached hydrogen (secondary N) is 1. The van der Waals surface area contributed by atoms with Crippen molar-refractivity contribution in [3.8, 4) is 11.5 Å². The number of hydrogen-bond donors (Lipinski definition) is 2. The van der Waals surface area contributed by atoms with Crippen LogP contribution in [-0.2, 0) is 0 Å². The fraction of sp³-hybridized carbons (Fsp3) is 0.0333. The van der Waals surface area contributed by atoms with E-state index in [4.69, 9.17) is 33.0 Å². The lowest BCUT2D eigenvalue weighted by molar-refractivity contribution is 0.0697. The number of nitrogens with zero attached hydrogens (tertiary/aromatic N) is 3. The van der Waals surface area contributed by atoms with Crippen molar-refractivity contribution < 1.29 is 14.6 Å². The summed E-state index contributed by atoms with van der Waals surface area (Å²) in [7, 11) is 1.90. The maximum absolute atomic E-state index is 11.0. The topological polar surface area (TPSA) is 86.5 Å². The zero-order valence-electron chi connectivity index (χ0n) is 21.1. The number of benzene rings is 4. The van der Waals surface area contributed by atoms with Crippen molar-refractivity contribution in [2.24, 2.45) is 10.2 Å². The third-order valence-corrected chi connectivity index (χ3v) is 7.55. The van der Waals surface area contributed by atoms with E-state index in [0.29, 0.717) is 27.2 Å². The van der Waals surface area contributed by atoms with Crippen LogP contribution in [0.3, 0.4) is 0 Å². The summed E-state index contributed by atoms with van der Waals surface area (Å²) < 4.78 is 6.14. The van der Waals surface area contributed by atoms with Crippen molar-refractivity contribution >= 4 is 64.0 Å². The van der Waals surface area contributed by atoms with Gasteiger partial charge in [-0.15, -0.1) is 0 Å². The quantitative estimate of drug-likeness (QED) is 0.159. The molecule has 4 aromatic rings. The molecule has 0 spiro atoms. The predicted molar refractivity (Wildman–Crippen MR) is 164 cm³/mol. The Morgan fingerprint density at radius 2 is 1.70 bits per heavy atom. The Balaban J connectivity index is 1.24. The SMILES string of the molecule is CN1N=C(c2cccc(Oc3cccc(/C=N/Nc4ccc(C(=O)O)cc4)c3)c2)S/C1=C\c1ccc(Cl)c(Cl)c1. The number of ether oxygens (including phenoxy) is 1. The Morgan fingerprint density at radius 3 is 2.45 bits per heavy atom. The molecule has 0 unspecified atom stereocenters. The van der Waals surface area contributed by atoms with E-state index in [9.17, 15) is 4.79 Å². The Labute approximate surface area is 245 Å². The third-order valence-electron chi connectivity index (χ3n) is 5.71. The third kappa shape index (κ3) is 6.84. The fourth-order valence-electron chi connectivity index (χ4n) is 3.71. The maximum Gasteiger partial charge on any atom is 0.335 e. The summed E-state index contributed by atoms with van der Waals surface area (Å²) in [6, 6.07) is 27.2. The highest BCUT2D eigenvalue weighted by molar-refractivity contribution is 8.18. The van der Waals surface area contributed by atoms with Gasteiger partial charge in [0, 0.05) is 12.6 Å². The number of carboxylic acid groups (broad SMARTS) is 1. The zero-order valence-corrected chi connectivity index (χ0v) is 23.4. The summed E-state index contributed by atoms with van der Waals surface area (Å²) in [4.78, 5) is 11.0. The molecule has 0 aromatic heterocycles. The molecule has 10 heteroatoms. The summed E-state index contributed by atoms with van der Waals surface area (Å²) >= 11 is 13.8. The van der Waals surface area contributed by atoms with Gasteiger partial charge in [0.1, 0.15) is 16.5 Å². The molecule has 5 rings (SSSR count). The molecule has 0 saturated carbocycles. The molecule has 200 valence electrons. The van der Waals surface area contributed by atoms with Crippen LogP contribution < -0.4 is 10.2 Å². The predicted octanol–water partition coefficient (Wildman–Crippen LogP) is 8.27. The molecule has 0 fully saturated rings. The number of hydrogen-bond acceptors (Lipinski definition) is 7. The lowest BCUT2D eigenvalue weighted by Crippen LogP contribution is -2.02. The summed E-state index contributed by atoms with van der Waals surface area (Å²) in [5, 5.41) is 22.6. The van der Waals surface area contributed by atoms with Gasteiger partial charge >= 0.3 is 5.97 Å². The second-order valence-electron chi connectivity index (χ2n) is 8.64. The van der Waals surface area contributed by atoms with Gasteiger partial charge in [-0.2, -0.15) is 10.2 Å². The standard InChI is InChI=1S/C30H22Cl2N4O3S/c1-36-28(16-19-8-13-26(31)27(32)15-19)40-29(35-36)22-5-3-7-25(17-22)39-24-6-2-4-20(14-24)18-33-34-23-11-9-21(10-12-23)30(37)38/h2-18,34H,1H3,(H,37,38)/b28-16-,33-18+. The first-order valence-corrected chi connectivity index (χ1v) is 13.6. The minimum absolute atomic E-state index is 0.217. The monoisotopic (exact) mass is 588 g/mol. The van der Waals surface area contributed by atoms with E-state index >= 15 is 0 Å². The highest BCUT2D eigenvalue weighted by atomic mass is 35.5. The van der Waals surface area contributed by atoms with Gasteiger partial charge in [-0.1, -0.05) is 53.5 Å². The zero-order chi connectivity index (χ0) is 28.1. The van der Waals surface area contributed by atoms with Gasteiger partial charge in [0.2, 0.25) is 0 Å². The van der Waals surface area contributed by atoms with Crippen molar-refractivity contribution in [3.63, 3.8) is 0 Å². The maximum atomic E-state index is 11.0. The van der Waals surface area contributed by atoms with Gasteiger partial charge in [-0.3, -0.25) is 10.4 Å². The summed E-state index contributed by atoms with van der Waals surface area (Å²) in [6.45, 7) is 0. The summed E-state index contributed by atoms with van der Waals surface area (Å²) in [5.41, 5.74) is 6.49. The van der Waals surface area contributed by atoms with E-state index in [0.717, 1.165) is 26.8 Å². The Bertz CT molecular complexity index is 1660. The Morgan fingerprint density at radius 1 is 0.950 bits per heavy atom. The van der Waals surface area contributed by atoms with Gasteiger partial charge in [0.05, 0.1) is 32.5 Å². The average Bonchev–Trinajstić information content (AvgIpc) is 3.31. The lowest BCUT2D eigenvalue weighted by atomic mass is 10.2. The van der Waals surface area contributed by atoms with Crippen LogP contribution in [0.2, 0.25) is 10.0 Å². The molecule has 1 aliphatic rings. The van der Waals surface area contributed by atoms with Crippen LogP contribution in [0.1, 0.15) is 27.0 Å². The molecule has 0 saturated heterocycles. The first-order chi connectivity index (χ1) is 19.3. The molecular formula is C30H22Cl2N4O3S. The number of halogens is 2. The van der Waals surface area contributed by atoms with Crippen LogP contribution in [-0.4, -0.2) is 34.4 Å². The Kier molecular flexibility index (Phi) is 8.40. The minimum Gasteiger partial charge on any atom is -0.478 e. The minimum atomic E-state index is -0.971. The summed E-state index contributed by atoms with van der Waals surface area (Å²) in [6.07, 6.45) is 3.67. The largest absolute Gasteiger partial charge is 0.478 e. The molecule has 40 heavy (non-hydrogen) atoms. The highest BCUT2D eigenvalue weighted by Gasteiger charge is 2.20. The first kappa shape index (κ1) is 27.3. The lowest BCUT2D eigenvalue weighted by Gasteiger charge is -2.08. The van der Waals surface area contributed by atoms with Crippen LogP contribution in [0, 0.1) is 0 Å². The van der Waals surface area contributed by atoms with Gasteiger partial charge in [-0.25, -0.2) is 4.79 Å². The van der Waals surface area contributed by atoms with E-state index in [-0.39, 0.29) is 5.56 Å². The van der Waals surface area contributed by atoms with Crippen LogP contribution in [0.5, 0.6) is 11.5 Å². The van der Waals surface area contributed by atoms with Crippen molar-refractivity contribution in [3.05, 3.63) is 128 Å². The molecule has 0 bridgehead atoms. The van der Waals surface area contributed by atoms with Crippen molar-refractivity contribution in [1.29, 1.82) is 0 Å². The highest BCUT2D eigenvalue weighted by Crippen LogP contribution is 2.35. The molecule has 1 aliphatic heterocycles. The van der Waals surface area contributed by atoms with Crippen LogP contribution >= 0.6 is 35.0 Å². The van der Waals surface area contributed by atoms with Gasteiger partial charge in [0.25, 0.3) is 0 Å². The van der Waals surface area contributed by atoms with Crippen LogP contribution in [0.4, 0.5) is 5.69 Å². The second-order valence-corrected chi connectivity index (χ2v) is 10.5. The van der Waals surface area contributed by atoms with E-state index < -0.39 is 5.97 Å². The van der Waals surface area contributed by atoms with E-state index in [1.54, 1.807) is 36.2 Å². The van der Waals surface area contributed by atoms with Crippen LogP contribution in [0.15, 0.2) is 106 Å². The van der Waals surface area contributed by atoms with E-state index in [1.807, 2.05) is 78.8 Å². The number of thioether (sulfide) groups is 1. The Hall–Kier alpha value is -4.24. The molecule has 1 heterocycles. The molecule has 0 radical (unpaired) electrons. The van der Waals surface area contributed by atoms with Crippen LogP contribution in [0.25, 0.3) is 6.08 Å². The second kappa shape index (κ2) is 12.3. The first-order valence-electron chi connectivity index (χ1n) is 12.0. The normalized spacial score (nSPS) is 14.0. The molecule has 4 aromatic carbocycles. The number of hydrazone groups is 2. The molecular weight excluding hydrogens is 567 g/mol. The smallest absolute Gasteiger partial charge is 0.335 e. The van der Waals surface area contributed by atoms with E-state index in [2.05, 4.69) is 15.6 Å². The molecule has 0 atom stereocenters. The molecule has 7 nitrogen and oxygen atoms in total. The number of anilines is 1. The molecule has 0 amide bonds. The van der Waals surface area contributed by atoms with Crippen molar-refractivity contribution in [2.45, 2.75) is 0 Å². The van der Waals surface area contributed by atoms with Crippen molar-refractivity contribution in [2.75, 3.05) is 12.5 Å². The summed E-state index contributed by atoms with van der Waals surface area (Å²) in [5.74, 6) is 0.363. The fourth-order valence-corrected chi connectivity index (χ4v) is 4.99. The number of rotatable bonds is 8. The number of aromatic carboxylic acids is 1. The van der Waals surface area contributed by atoms with Crippen molar-refractivity contribution in [1.82, 2.24) is 5.01 Å².